The van der Waals surface area contributed by atoms with Gasteiger partial charge in [0.25, 0.3) is 5.91 Å². The van der Waals surface area contributed by atoms with Crippen LogP contribution in [0.2, 0.25) is 5.15 Å². The van der Waals surface area contributed by atoms with Crippen LogP contribution in [0.15, 0.2) is 18.5 Å². The summed E-state index contributed by atoms with van der Waals surface area (Å²) in [5.41, 5.74) is 0.149. The van der Waals surface area contributed by atoms with Crippen molar-refractivity contribution in [3.8, 4) is 0 Å². The molecule has 2 heterocycles. The zero-order valence-corrected chi connectivity index (χ0v) is 8.06. The summed E-state index contributed by atoms with van der Waals surface area (Å²) in [6.07, 6.45) is 1.28. The molecule has 0 unspecified atom stereocenters. The van der Waals surface area contributed by atoms with Gasteiger partial charge >= 0.3 is 0 Å². The van der Waals surface area contributed by atoms with Crippen LogP contribution in [0.3, 0.4) is 0 Å². The molecule has 8 heteroatoms. The summed E-state index contributed by atoms with van der Waals surface area (Å²) in [6, 6.07) is 2.94. The van der Waals surface area contributed by atoms with E-state index in [9.17, 15) is 4.79 Å². The Bertz CT molecular complexity index is 453. The van der Waals surface area contributed by atoms with Gasteiger partial charge in [-0.2, -0.15) is 10.1 Å². The number of hydrogen-bond donors (Lipinski definition) is 2. The topological polar surface area (TPSA) is 96.5 Å². The van der Waals surface area contributed by atoms with E-state index in [-0.39, 0.29) is 16.8 Å². The third-order valence-corrected chi connectivity index (χ3v) is 1.71. The van der Waals surface area contributed by atoms with Crippen molar-refractivity contribution in [1.29, 1.82) is 0 Å². The molecule has 2 aromatic heterocycles. The number of aromatic amines is 1. The average Bonchev–Trinajstić information content (AvgIpc) is 2.71. The predicted molar refractivity (Wildman–Crippen MR) is 51.4 cm³/mol. The van der Waals surface area contributed by atoms with E-state index in [0.29, 0.717) is 0 Å². The number of carbonyl (C=O) groups excluding carboxylic acids is 1. The predicted octanol–water partition coefficient (Wildman–Crippen LogP) is 0.500. The molecule has 76 valence electrons. The Morgan fingerprint density at radius 3 is 2.87 bits per heavy atom. The van der Waals surface area contributed by atoms with Crippen molar-refractivity contribution in [2.45, 2.75) is 0 Å². The highest BCUT2D eigenvalue weighted by Gasteiger charge is 2.09. The molecular formula is C7H5ClN6O. The van der Waals surface area contributed by atoms with E-state index in [2.05, 4.69) is 30.7 Å². The minimum atomic E-state index is -0.434. The number of anilines is 1. The van der Waals surface area contributed by atoms with E-state index in [1.807, 2.05) is 0 Å². The lowest BCUT2D eigenvalue weighted by molar-refractivity contribution is 0.102. The molecule has 2 N–H and O–H groups in total. The molecule has 2 aromatic rings. The van der Waals surface area contributed by atoms with Crippen LogP contribution in [0.25, 0.3) is 0 Å². The molecule has 0 radical (unpaired) electrons. The second kappa shape index (κ2) is 4.01. The summed E-state index contributed by atoms with van der Waals surface area (Å²) in [4.78, 5) is 15.2. The largest absolute Gasteiger partial charge is 0.289 e. The Balaban J connectivity index is 2.11. The number of amides is 1. The summed E-state index contributed by atoms with van der Waals surface area (Å²) in [7, 11) is 0. The number of hydrogen-bond acceptors (Lipinski definition) is 5. The van der Waals surface area contributed by atoms with Gasteiger partial charge in [-0.15, -0.1) is 10.2 Å². The van der Waals surface area contributed by atoms with E-state index >= 15 is 0 Å². The van der Waals surface area contributed by atoms with Gasteiger partial charge in [-0.1, -0.05) is 11.6 Å². The van der Waals surface area contributed by atoms with Crippen molar-refractivity contribution < 1.29 is 4.79 Å². The highest BCUT2D eigenvalue weighted by molar-refractivity contribution is 6.29. The third-order valence-electron chi connectivity index (χ3n) is 1.51. The van der Waals surface area contributed by atoms with Gasteiger partial charge in [0.2, 0.25) is 5.95 Å². The van der Waals surface area contributed by atoms with Gasteiger partial charge < -0.3 is 0 Å². The molecule has 0 aliphatic rings. The van der Waals surface area contributed by atoms with E-state index in [4.69, 9.17) is 11.6 Å². The molecule has 1 amide bonds. The smallest absolute Gasteiger partial charge is 0.278 e. The van der Waals surface area contributed by atoms with Crippen molar-refractivity contribution in [3.63, 3.8) is 0 Å². The number of halogens is 1. The lowest BCUT2D eigenvalue weighted by Crippen LogP contribution is -2.15. The molecule has 0 saturated carbocycles. The Hall–Kier alpha value is -2.02. The molecule has 0 aromatic carbocycles. The average molecular weight is 225 g/mol. The normalized spacial score (nSPS) is 9.93. The number of rotatable bonds is 2. The first-order valence-electron chi connectivity index (χ1n) is 3.91. The molecule has 0 spiro atoms. The third kappa shape index (κ3) is 2.26. The zero-order chi connectivity index (χ0) is 10.7. The number of aromatic nitrogens is 5. The monoisotopic (exact) mass is 224 g/mol. The highest BCUT2D eigenvalue weighted by Crippen LogP contribution is 2.03. The fourth-order valence-electron chi connectivity index (χ4n) is 0.874. The minimum absolute atomic E-state index is 0.149. The van der Waals surface area contributed by atoms with E-state index in [1.54, 1.807) is 0 Å². The summed E-state index contributed by atoms with van der Waals surface area (Å²) < 4.78 is 0. The highest BCUT2D eigenvalue weighted by atomic mass is 35.5. The molecule has 0 atom stereocenters. The van der Waals surface area contributed by atoms with Crippen molar-refractivity contribution in [1.82, 2.24) is 25.4 Å². The Kier molecular flexibility index (Phi) is 2.55. The number of carbonyl (C=O) groups is 1. The van der Waals surface area contributed by atoms with Gasteiger partial charge in [0.15, 0.2) is 10.8 Å². The first kappa shape index (κ1) is 9.53. The molecule has 0 fully saturated rings. The lowest BCUT2D eigenvalue weighted by atomic mass is 10.4. The van der Waals surface area contributed by atoms with Crippen LogP contribution >= 0.6 is 11.6 Å². The Morgan fingerprint density at radius 2 is 2.27 bits per heavy atom. The van der Waals surface area contributed by atoms with E-state index < -0.39 is 5.91 Å². The zero-order valence-electron chi connectivity index (χ0n) is 7.31. The quantitative estimate of drug-likeness (QED) is 0.774. The maximum absolute atomic E-state index is 11.5. The van der Waals surface area contributed by atoms with Crippen LogP contribution < -0.4 is 5.32 Å². The minimum Gasteiger partial charge on any atom is -0.289 e. The summed E-state index contributed by atoms with van der Waals surface area (Å²) in [5.74, 6) is -0.187. The van der Waals surface area contributed by atoms with E-state index in [0.717, 1.165) is 0 Å². The second-order valence-electron chi connectivity index (χ2n) is 2.53. The van der Waals surface area contributed by atoms with Crippen LogP contribution in [0.4, 0.5) is 5.95 Å². The Morgan fingerprint density at radius 1 is 1.40 bits per heavy atom. The fourth-order valence-corrected chi connectivity index (χ4v) is 0.975. The van der Waals surface area contributed by atoms with Crippen LogP contribution in [0.5, 0.6) is 0 Å². The van der Waals surface area contributed by atoms with Crippen molar-refractivity contribution in [2.75, 3.05) is 5.32 Å². The molecule has 0 saturated heterocycles. The van der Waals surface area contributed by atoms with Crippen molar-refractivity contribution in [3.05, 3.63) is 29.3 Å². The molecule has 2 rings (SSSR count). The molecule has 0 aliphatic heterocycles. The summed E-state index contributed by atoms with van der Waals surface area (Å²) in [6.45, 7) is 0. The molecule has 7 nitrogen and oxygen atoms in total. The lowest BCUT2D eigenvalue weighted by Gasteiger charge is -1.98. The number of nitrogens with zero attached hydrogens (tertiary/aromatic N) is 4. The van der Waals surface area contributed by atoms with E-state index in [1.165, 1.54) is 18.5 Å². The maximum atomic E-state index is 11.5. The first-order valence-corrected chi connectivity index (χ1v) is 4.29. The second-order valence-corrected chi connectivity index (χ2v) is 2.92. The van der Waals surface area contributed by atoms with Crippen LogP contribution in [0, 0.1) is 0 Å². The van der Waals surface area contributed by atoms with Crippen LogP contribution in [0.1, 0.15) is 10.5 Å². The van der Waals surface area contributed by atoms with Gasteiger partial charge in [-0.25, -0.2) is 5.10 Å². The van der Waals surface area contributed by atoms with Gasteiger partial charge in [-0.3, -0.25) is 10.1 Å². The standard InChI is InChI=1S/C7H5ClN6O/c8-5-2-1-4(12-13-5)6(15)11-7-9-3-10-14-7/h1-3H,(H2,9,10,11,14,15). The summed E-state index contributed by atoms with van der Waals surface area (Å²) in [5, 5.41) is 15.9. The van der Waals surface area contributed by atoms with Crippen LogP contribution in [-0.2, 0) is 0 Å². The molecule has 15 heavy (non-hydrogen) atoms. The molecule has 0 bridgehead atoms. The Labute approximate surface area is 88.9 Å². The van der Waals surface area contributed by atoms with Gasteiger partial charge in [0.1, 0.15) is 6.33 Å². The summed E-state index contributed by atoms with van der Waals surface area (Å²) >= 11 is 5.53. The number of nitrogens with one attached hydrogen (secondary N) is 2. The fraction of sp³-hybridized carbons (Fsp3) is 0. The first-order chi connectivity index (χ1) is 7.25. The maximum Gasteiger partial charge on any atom is 0.278 e. The van der Waals surface area contributed by atoms with Gasteiger partial charge in [0.05, 0.1) is 0 Å². The van der Waals surface area contributed by atoms with Gasteiger partial charge in [-0.05, 0) is 12.1 Å². The SMILES string of the molecule is O=C(Nc1ncn[nH]1)c1ccc(Cl)nn1. The van der Waals surface area contributed by atoms with Crippen LogP contribution in [-0.4, -0.2) is 31.3 Å². The van der Waals surface area contributed by atoms with Gasteiger partial charge in [0, 0.05) is 0 Å². The number of H-pyrrole nitrogens is 1. The van der Waals surface area contributed by atoms with Crippen molar-refractivity contribution >= 4 is 23.5 Å². The van der Waals surface area contributed by atoms with Crippen molar-refractivity contribution in [2.24, 2.45) is 0 Å². The molecule has 0 aliphatic carbocycles. The molecular weight excluding hydrogens is 220 g/mol.